The van der Waals surface area contributed by atoms with E-state index in [0.29, 0.717) is 6.54 Å². The van der Waals surface area contributed by atoms with Crippen LogP contribution in [0.3, 0.4) is 0 Å². The van der Waals surface area contributed by atoms with Gasteiger partial charge in [-0.05, 0) is 37.5 Å². The molecule has 1 heterocycles. The summed E-state index contributed by atoms with van der Waals surface area (Å²) < 4.78 is 0. The van der Waals surface area contributed by atoms with Crippen LogP contribution in [0, 0.1) is 5.92 Å². The molecule has 0 spiro atoms. The minimum atomic E-state index is 0. The van der Waals surface area contributed by atoms with Gasteiger partial charge in [0.25, 0.3) is 0 Å². The van der Waals surface area contributed by atoms with Crippen LogP contribution in [-0.4, -0.2) is 60.3 Å². The molecule has 0 radical (unpaired) electrons. The van der Waals surface area contributed by atoms with Gasteiger partial charge in [-0.2, -0.15) is 0 Å². The highest BCUT2D eigenvalue weighted by Crippen LogP contribution is 2.26. The standard InChI is InChI=1S/C22H33N5O2.HI/c1-3-23-22(27-13-11-26(12-14-27)17(2)28)24-16-18-7-6-10-20(15-18)25-21(29)19-8-4-5-9-19;/h6-7,10,15,19H,3-5,8-9,11-14,16H2,1-2H3,(H,23,24)(H,25,29);1H. The third-order valence-corrected chi connectivity index (χ3v) is 5.69. The van der Waals surface area contributed by atoms with Gasteiger partial charge in [-0.3, -0.25) is 9.59 Å². The highest BCUT2D eigenvalue weighted by Gasteiger charge is 2.23. The summed E-state index contributed by atoms with van der Waals surface area (Å²) in [5.41, 5.74) is 1.90. The summed E-state index contributed by atoms with van der Waals surface area (Å²) in [6, 6.07) is 7.94. The van der Waals surface area contributed by atoms with Crippen molar-refractivity contribution in [1.29, 1.82) is 0 Å². The topological polar surface area (TPSA) is 77.0 Å². The van der Waals surface area contributed by atoms with Gasteiger partial charge in [0.05, 0.1) is 6.54 Å². The molecule has 30 heavy (non-hydrogen) atoms. The predicted octanol–water partition coefficient (Wildman–Crippen LogP) is 3.06. The zero-order valence-electron chi connectivity index (χ0n) is 18.0. The normalized spacial score (nSPS) is 17.5. The molecule has 3 rings (SSSR count). The van der Waals surface area contributed by atoms with Crippen LogP contribution in [0.1, 0.15) is 45.1 Å². The van der Waals surface area contributed by atoms with E-state index in [4.69, 9.17) is 4.99 Å². The third-order valence-electron chi connectivity index (χ3n) is 5.69. The number of benzene rings is 1. The van der Waals surface area contributed by atoms with E-state index in [1.807, 2.05) is 29.2 Å². The van der Waals surface area contributed by atoms with E-state index in [1.54, 1.807) is 6.92 Å². The van der Waals surface area contributed by atoms with Gasteiger partial charge in [0.2, 0.25) is 11.8 Å². The van der Waals surface area contributed by atoms with Gasteiger partial charge in [0, 0.05) is 51.3 Å². The van der Waals surface area contributed by atoms with E-state index < -0.39 is 0 Å². The van der Waals surface area contributed by atoms with Gasteiger partial charge >= 0.3 is 0 Å². The maximum atomic E-state index is 12.4. The summed E-state index contributed by atoms with van der Waals surface area (Å²) in [7, 11) is 0. The molecule has 1 aromatic carbocycles. The Morgan fingerprint density at radius 3 is 2.40 bits per heavy atom. The second-order valence-corrected chi connectivity index (χ2v) is 7.83. The Morgan fingerprint density at radius 1 is 1.10 bits per heavy atom. The van der Waals surface area contributed by atoms with Crippen LogP contribution in [0.15, 0.2) is 29.3 Å². The summed E-state index contributed by atoms with van der Waals surface area (Å²) in [6.45, 7) is 8.02. The molecule has 2 amide bonds. The lowest BCUT2D eigenvalue weighted by Gasteiger charge is -2.36. The highest BCUT2D eigenvalue weighted by atomic mass is 127. The molecular weight excluding hydrogens is 493 g/mol. The molecule has 0 unspecified atom stereocenters. The first-order valence-corrected chi connectivity index (χ1v) is 10.8. The Balaban J connectivity index is 0.00000320. The van der Waals surface area contributed by atoms with Crippen LogP contribution in [0.5, 0.6) is 0 Å². The van der Waals surface area contributed by atoms with Gasteiger partial charge < -0.3 is 20.4 Å². The van der Waals surface area contributed by atoms with Crippen LogP contribution < -0.4 is 10.6 Å². The third kappa shape index (κ3) is 6.85. The number of nitrogens with one attached hydrogen (secondary N) is 2. The molecule has 2 fully saturated rings. The number of halogens is 1. The number of hydrogen-bond donors (Lipinski definition) is 2. The van der Waals surface area contributed by atoms with Crippen molar-refractivity contribution in [2.24, 2.45) is 10.9 Å². The first-order chi connectivity index (χ1) is 14.1. The number of amides is 2. The molecule has 0 aromatic heterocycles. The second kappa shape index (κ2) is 12.1. The number of guanidine groups is 1. The first kappa shape index (κ1) is 24.4. The quantitative estimate of drug-likeness (QED) is 0.351. The van der Waals surface area contributed by atoms with Gasteiger partial charge in [-0.15, -0.1) is 24.0 Å². The van der Waals surface area contributed by atoms with E-state index in [9.17, 15) is 9.59 Å². The largest absolute Gasteiger partial charge is 0.357 e. The number of carbonyl (C=O) groups is 2. The number of piperazine rings is 1. The SMILES string of the molecule is CCNC(=NCc1cccc(NC(=O)C2CCCC2)c1)N1CCN(C(C)=O)CC1.I. The molecule has 1 saturated carbocycles. The summed E-state index contributed by atoms with van der Waals surface area (Å²) in [6.07, 6.45) is 4.30. The number of hydrogen-bond acceptors (Lipinski definition) is 3. The van der Waals surface area contributed by atoms with Crippen molar-refractivity contribution in [3.63, 3.8) is 0 Å². The first-order valence-electron chi connectivity index (χ1n) is 10.8. The van der Waals surface area contributed by atoms with Crippen LogP contribution in [0.4, 0.5) is 5.69 Å². The Hall–Kier alpha value is -1.84. The maximum absolute atomic E-state index is 12.4. The zero-order valence-corrected chi connectivity index (χ0v) is 20.4. The van der Waals surface area contributed by atoms with E-state index >= 15 is 0 Å². The lowest BCUT2D eigenvalue weighted by molar-refractivity contribution is -0.130. The van der Waals surface area contributed by atoms with Gasteiger partial charge in [0.1, 0.15) is 0 Å². The molecule has 7 nitrogen and oxygen atoms in total. The van der Waals surface area contributed by atoms with Crippen molar-refractivity contribution >= 4 is 47.4 Å². The van der Waals surface area contributed by atoms with Crippen LogP contribution in [-0.2, 0) is 16.1 Å². The van der Waals surface area contributed by atoms with Gasteiger partial charge in [-0.25, -0.2) is 4.99 Å². The van der Waals surface area contributed by atoms with E-state index in [-0.39, 0.29) is 41.7 Å². The zero-order chi connectivity index (χ0) is 20.6. The van der Waals surface area contributed by atoms with E-state index in [2.05, 4.69) is 22.5 Å². The van der Waals surface area contributed by atoms with Crippen molar-refractivity contribution in [1.82, 2.24) is 15.1 Å². The average Bonchev–Trinajstić information content (AvgIpc) is 3.26. The monoisotopic (exact) mass is 527 g/mol. The lowest BCUT2D eigenvalue weighted by atomic mass is 10.1. The van der Waals surface area contributed by atoms with Crippen molar-refractivity contribution in [3.05, 3.63) is 29.8 Å². The number of anilines is 1. The summed E-state index contributed by atoms with van der Waals surface area (Å²) in [5, 5.41) is 6.42. The molecule has 1 aromatic rings. The Labute approximate surface area is 196 Å². The van der Waals surface area contributed by atoms with Crippen LogP contribution in [0.2, 0.25) is 0 Å². The van der Waals surface area contributed by atoms with Crippen molar-refractivity contribution < 1.29 is 9.59 Å². The lowest BCUT2D eigenvalue weighted by Crippen LogP contribution is -2.53. The van der Waals surface area contributed by atoms with Gasteiger partial charge in [-0.1, -0.05) is 25.0 Å². The van der Waals surface area contributed by atoms with Gasteiger partial charge in [0.15, 0.2) is 5.96 Å². The fraction of sp³-hybridized carbons (Fsp3) is 0.591. The molecule has 0 bridgehead atoms. The minimum absolute atomic E-state index is 0. The average molecular weight is 527 g/mol. The Kier molecular flexibility index (Phi) is 9.87. The fourth-order valence-corrected chi connectivity index (χ4v) is 4.00. The number of carbonyl (C=O) groups excluding carboxylic acids is 2. The highest BCUT2D eigenvalue weighted by molar-refractivity contribution is 14.0. The Bertz CT molecular complexity index is 741. The molecule has 8 heteroatoms. The maximum Gasteiger partial charge on any atom is 0.227 e. The predicted molar refractivity (Wildman–Crippen MR) is 131 cm³/mol. The number of nitrogens with zero attached hydrogens (tertiary/aromatic N) is 3. The summed E-state index contributed by atoms with van der Waals surface area (Å²) in [4.78, 5) is 32.8. The molecule has 0 atom stereocenters. The molecular formula is C22H34IN5O2. The summed E-state index contributed by atoms with van der Waals surface area (Å²) in [5.74, 6) is 1.30. The summed E-state index contributed by atoms with van der Waals surface area (Å²) >= 11 is 0. The molecule has 2 N–H and O–H groups in total. The molecule has 1 aliphatic carbocycles. The second-order valence-electron chi connectivity index (χ2n) is 7.83. The van der Waals surface area contributed by atoms with E-state index in [1.165, 1.54) is 0 Å². The smallest absolute Gasteiger partial charge is 0.227 e. The molecule has 2 aliphatic rings. The number of aliphatic imine (C=N–C) groups is 1. The molecule has 1 saturated heterocycles. The Morgan fingerprint density at radius 2 is 1.77 bits per heavy atom. The number of rotatable bonds is 5. The van der Waals surface area contributed by atoms with Crippen LogP contribution in [0.25, 0.3) is 0 Å². The molecule has 166 valence electrons. The van der Waals surface area contributed by atoms with Crippen molar-refractivity contribution in [3.8, 4) is 0 Å². The molecule has 1 aliphatic heterocycles. The van der Waals surface area contributed by atoms with E-state index in [0.717, 1.165) is 75.6 Å². The minimum Gasteiger partial charge on any atom is -0.357 e. The van der Waals surface area contributed by atoms with Crippen molar-refractivity contribution in [2.45, 2.75) is 46.1 Å². The van der Waals surface area contributed by atoms with Crippen molar-refractivity contribution in [2.75, 3.05) is 38.0 Å². The fourth-order valence-electron chi connectivity index (χ4n) is 4.00. The van der Waals surface area contributed by atoms with Crippen LogP contribution >= 0.6 is 24.0 Å².